The van der Waals surface area contributed by atoms with Crippen molar-refractivity contribution in [3.63, 3.8) is 0 Å². The average molecular weight is 220 g/mol. The molecule has 3 heteroatoms. The number of hydrogen-bond donors (Lipinski definition) is 1. The van der Waals surface area contributed by atoms with Crippen molar-refractivity contribution in [1.29, 1.82) is 0 Å². The van der Waals surface area contributed by atoms with Crippen molar-refractivity contribution in [3.8, 4) is 5.75 Å². The van der Waals surface area contributed by atoms with Crippen molar-refractivity contribution in [1.82, 2.24) is 0 Å². The summed E-state index contributed by atoms with van der Waals surface area (Å²) in [5.41, 5.74) is 2.14. The van der Waals surface area contributed by atoms with Crippen LogP contribution in [0.5, 0.6) is 5.75 Å². The molecule has 0 fully saturated rings. The van der Waals surface area contributed by atoms with Crippen LogP contribution in [0.15, 0.2) is 18.2 Å². The van der Waals surface area contributed by atoms with Gasteiger partial charge in [0.15, 0.2) is 0 Å². The van der Waals surface area contributed by atoms with Gasteiger partial charge < -0.3 is 9.84 Å². The number of ether oxygens (including phenoxy) is 1. The Hall–Kier alpha value is -1.51. The molecular formula is C13H16O3. The van der Waals surface area contributed by atoms with Crippen molar-refractivity contribution in [3.05, 3.63) is 29.3 Å². The van der Waals surface area contributed by atoms with E-state index >= 15 is 0 Å². The number of esters is 1. The number of carbonyl (C=O) groups is 1. The highest BCUT2D eigenvalue weighted by Gasteiger charge is 2.25. The first kappa shape index (κ1) is 11.0. The van der Waals surface area contributed by atoms with Gasteiger partial charge in [-0.1, -0.05) is 13.0 Å². The van der Waals surface area contributed by atoms with Crippen LogP contribution in [0.1, 0.15) is 43.4 Å². The van der Waals surface area contributed by atoms with Crippen molar-refractivity contribution >= 4 is 5.97 Å². The lowest BCUT2D eigenvalue weighted by molar-refractivity contribution is -0.149. The van der Waals surface area contributed by atoms with Gasteiger partial charge in [-0.15, -0.1) is 0 Å². The van der Waals surface area contributed by atoms with Crippen LogP contribution < -0.4 is 0 Å². The fourth-order valence-corrected chi connectivity index (χ4v) is 2.11. The molecule has 16 heavy (non-hydrogen) atoms. The van der Waals surface area contributed by atoms with E-state index in [0.29, 0.717) is 6.42 Å². The highest BCUT2D eigenvalue weighted by Crippen LogP contribution is 2.35. The van der Waals surface area contributed by atoms with Crippen LogP contribution in [0.4, 0.5) is 0 Å². The molecule has 0 aromatic heterocycles. The van der Waals surface area contributed by atoms with E-state index in [4.69, 9.17) is 4.74 Å². The Balaban J connectivity index is 2.09. The zero-order valence-corrected chi connectivity index (χ0v) is 9.40. The molecule has 0 amide bonds. The van der Waals surface area contributed by atoms with Crippen molar-refractivity contribution < 1.29 is 14.6 Å². The lowest BCUT2D eigenvalue weighted by Crippen LogP contribution is -2.08. The van der Waals surface area contributed by atoms with E-state index in [2.05, 4.69) is 0 Å². The number of hydrogen-bond acceptors (Lipinski definition) is 3. The molecule has 0 saturated heterocycles. The van der Waals surface area contributed by atoms with Crippen LogP contribution in [-0.4, -0.2) is 11.1 Å². The maximum absolute atomic E-state index is 11.4. The molecule has 86 valence electrons. The van der Waals surface area contributed by atoms with Gasteiger partial charge >= 0.3 is 5.97 Å². The number of fused-ring (bicyclic) bond motifs is 1. The Kier molecular flexibility index (Phi) is 3.13. The van der Waals surface area contributed by atoms with Gasteiger partial charge in [-0.25, -0.2) is 0 Å². The minimum atomic E-state index is -0.131. The molecule has 0 spiro atoms. The number of aromatic hydroxyl groups is 1. The van der Waals surface area contributed by atoms with Crippen molar-refractivity contribution in [2.75, 3.05) is 0 Å². The van der Waals surface area contributed by atoms with E-state index in [-0.39, 0.29) is 17.8 Å². The summed E-state index contributed by atoms with van der Waals surface area (Å²) in [5, 5.41) is 9.34. The maximum atomic E-state index is 11.4. The quantitative estimate of drug-likeness (QED) is 0.797. The Labute approximate surface area is 95.0 Å². The van der Waals surface area contributed by atoms with Gasteiger partial charge in [0, 0.05) is 6.42 Å². The van der Waals surface area contributed by atoms with Gasteiger partial charge in [-0.2, -0.15) is 0 Å². The predicted molar refractivity (Wildman–Crippen MR) is 60.2 cm³/mol. The first-order chi connectivity index (χ1) is 7.70. The zero-order chi connectivity index (χ0) is 11.5. The number of phenols is 1. The second-order valence-corrected chi connectivity index (χ2v) is 4.15. The lowest BCUT2D eigenvalue weighted by atomic mass is 10.1. The SMILES string of the molecule is CCCC(=O)O[C@H]1CCc2cc(O)ccc21. The summed E-state index contributed by atoms with van der Waals surface area (Å²) >= 11 is 0. The number of carbonyl (C=O) groups excluding carboxylic acids is 1. The predicted octanol–water partition coefficient (Wildman–Crippen LogP) is 2.72. The minimum absolute atomic E-state index is 0.116. The normalized spacial score (nSPS) is 18.2. The van der Waals surface area contributed by atoms with E-state index in [1.54, 1.807) is 12.1 Å². The second-order valence-electron chi connectivity index (χ2n) is 4.15. The third kappa shape index (κ3) is 2.18. The van der Waals surface area contributed by atoms with Gasteiger partial charge in [-0.05, 0) is 42.5 Å². The summed E-state index contributed by atoms with van der Waals surface area (Å²) in [6.07, 6.45) is 2.87. The van der Waals surface area contributed by atoms with E-state index in [1.165, 1.54) is 0 Å². The molecule has 0 saturated carbocycles. The third-order valence-electron chi connectivity index (χ3n) is 2.88. The molecule has 2 rings (SSSR count). The molecule has 1 N–H and O–H groups in total. The maximum Gasteiger partial charge on any atom is 0.306 e. The van der Waals surface area contributed by atoms with Gasteiger partial charge in [-0.3, -0.25) is 4.79 Å². The summed E-state index contributed by atoms with van der Waals surface area (Å²) in [7, 11) is 0. The monoisotopic (exact) mass is 220 g/mol. The standard InChI is InChI=1S/C13H16O3/c1-2-3-13(15)16-12-7-4-9-8-10(14)5-6-11(9)12/h5-6,8,12,14H,2-4,7H2,1H3/t12-/m0/s1. The number of aryl methyl sites for hydroxylation is 1. The fraction of sp³-hybridized carbons (Fsp3) is 0.462. The minimum Gasteiger partial charge on any atom is -0.508 e. The smallest absolute Gasteiger partial charge is 0.306 e. The van der Waals surface area contributed by atoms with Crippen LogP contribution in [0.25, 0.3) is 0 Å². The molecule has 1 aliphatic rings. The van der Waals surface area contributed by atoms with Crippen LogP contribution in [-0.2, 0) is 16.0 Å². The first-order valence-corrected chi connectivity index (χ1v) is 5.72. The van der Waals surface area contributed by atoms with Gasteiger partial charge in [0.1, 0.15) is 11.9 Å². The average Bonchev–Trinajstić information content (AvgIpc) is 2.61. The van der Waals surface area contributed by atoms with Gasteiger partial charge in [0.25, 0.3) is 0 Å². The molecule has 0 heterocycles. The Morgan fingerprint density at radius 3 is 3.12 bits per heavy atom. The van der Waals surface area contributed by atoms with E-state index in [0.717, 1.165) is 30.4 Å². The van der Waals surface area contributed by atoms with Crippen LogP contribution in [0.3, 0.4) is 0 Å². The summed E-state index contributed by atoms with van der Waals surface area (Å²) in [4.78, 5) is 11.4. The lowest BCUT2D eigenvalue weighted by Gasteiger charge is -2.13. The van der Waals surface area contributed by atoms with Gasteiger partial charge in [0.2, 0.25) is 0 Å². The summed E-state index contributed by atoms with van der Waals surface area (Å²) in [6, 6.07) is 5.25. The third-order valence-corrected chi connectivity index (χ3v) is 2.88. The topological polar surface area (TPSA) is 46.5 Å². The molecule has 0 radical (unpaired) electrons. The summed E-state index contributed by atoms with van der Waals surface area (Å²) in [6.45, 7) is 1.96. The molecule has 0 unspecified atom stereocenters. The summed E-state index contributed by atoms with van der Waals surface area (Å²) in [5.74, 6) is 0.146. The number of rotatable bonds is 3. The largest absolute Gasteiger partial charge is 0.508 e. The second kappa shape index (κ2) is 4.56. The Morgan fingerprint density at radius 1 is 1.56 bits per heavy atom. The van der Waals surface area contributed by atoms with Crippen molar-refractivity contribution in [2.45, 2.75) is 38.7 Å². The van der Waals surface area contributed by atoms with Crippen LogP contribution in [0.2, 0.25) is 0 Å². The Morgan fingerprint density at radius 2 is 2.38 bits per heavy atom. The highest BCUT2D eigenvalue weighted by atomic mass is 16.5. The molecule has 1 aromatic carbocycles. The molecule has 1 atom stereocenters. The van der Waals surface area contributed by atoms with E-state index in [9.17, 15) is 9.90 Å². The molecule has 1 aromatic rings. The molecule has 3 nitrogen and oxygen atoms in total. The van der Waals surface area contributed by atoms with E-state index < -0.39 is 0 Å². The first-order valence-electron chi connectivity index (χ1n) is 5.72. The molecule has 0 aliphatic heterocycles. The zero-order valence-electron chi connectivity index (χ0n) is 9.40. The summed E-state index contributed by atoms with van der Waals surface area (Å²) < 4.78 is 5.40. The number of phenolic OH excluding ortho intramolecular Hbond substituents is 1. The Bertz CT molecular complexity index is 398. The fourth-order valence-electron chi connectivity index (χ4n) is 2.11. The molecular weight excluding hydrogens is 204 g/mol. The van der Waals surface area contributed by atoms with Crippen LogP contribution in [0, 0.1) is 0 Å². The van der Waals surface area contributed by atoms with E-state index in [1.807, 2.05) is 13.0 Å². The van der Waals surface area contributed by atoms with Gasteiger partial charge in [0.05, 0.1) is 0 Å². The number of benzene rings is 1. The molecule has 0 bridgehead atoms. The van der Waals surface area contributed by atoms with Crippen LogP contribution >= 0.6 is 0 Å². The van der Waals surface area contributed by atoms with Crippen molar-refractivity contribution in [2.24, 2.45) is 0 Å². The molecule has 1 aliphatic carbocycles. The highest BCUT2D eigenvalue weighted by molar-refractivity contribution is 5.69.